The number of hydrogen-bond acceptors (Lipinski definition) is 4. The molecule has 4 nitrogen and oxygen atoms in total. The van der Waals surface area contributed by atoms with E-state index in [0.29, 0.717) is 17.1 Å². The second-order valence-corrected chi connectivity index (χ2v) is 5.61. The van der Waals surface area contributed by atoms with Crippen molar-refractivity contribution in [2.75, 3.05) is 19.5 Å². The molecule has 0 fully saturated rings. The van der Waals surface area contributed by atoms with Gasteiger partial charge in [-0.3, -0.25) is 4.79 Å². The van der Waals surface area contributed by atoms with Crippen molar-refractivity contribution in [1.82, 2.24) is 0 Å². The molecule has 0 atom stereocenters. The highest BCUT2D eigenvalue weighted by atomic mass is 32.1. The minimum Gasteiger partial charge on any atom is -0.496 e. The maximum absolute atomic E-state index is 12.6. The van der Waals surface area contributed by atoms with E-state index < -0.39 is 0 Å². The van der Waals surface area contributed by atoms with Crippen LogP contribution in [0.15, 0.2) is 47.8 Å². The number of methoxy groups -OCH3 is 2. The molecule has 1 N–H and O–H groups in total. The maximum Gasteiger partial charge on any atom is 0.263 e. The van der Waals surface area contributed by atoms with Gasteiger partial charge in [0.25, 0.3) is 5.91 Å². The van der Waals surface area contributed by atoms with E-state index in [-0.39, 0.29) is 5.91 Å². The third kappa shape index (κ3) is 2.63. The minimum atomic E-state index is -0.260. The minimum absolute atomic E-state index is 0.260. The van der Waals surface area contributed by atoms with Crippen LogP contribution in [0.1, 0.15) is 10.4 Å². The van der Waals surface area contributed by atoms with Gasteiger partial charge < -0.3 is 14.8 Å². The number of benzene rings is 2. The summed E-state index contributed by atoms with van der Waals surface area (Å²) in [7, 11) is 3.06. The van der Waals surface area contributed by atoms with Crippen molar-refractivity contribution < 1.29 is 14.3 Å². The Kier molecular flexibility index (Phi) is 3.98. The van der Waals surface area contributed by atoms with Crippen molar-refractivity contribution in [1.29, 1.82) is 0 Å². The van der Waals surface area contributed by atoms with Gasteiger partial charge >= 0.3 is 0 Å². The molecule has 0 spiro atoms. The van der Waals surface area contributed by atoms with Gasteiger partial charge in [0.05, 0.1) is 14.2 Å². The van der Waals surface area contributed by atoms with Gasteiger partial charge in [0, 0.05) is 10.4 Å². The molecule has 1 heterocycles. The van der Waals surface area contributed by atoms with Crippen molar-refractivity contribution in [2.45, 2.75) is 0 Å². The topological polar surface area (TPSA) is 47.6 Å². The van der Waals surface area contributed by atoms with Crippen LogP contribution in [0.3, 0.4) is 0 Å². The van der Waals surface area contributed by atoms with Crippen LogP contribution in [0.25, 0.3) is 10.1 Å². The fourth-order valence-electron chi connectivity index (χ4n) is 2.31. The maximum atomic E-state index is 12.6. The Morgan fingerprint density at radius 3 is 2.45 bits per heavy atom. The van der Waals surface area contributed by atoms with Crippen LogP contribution in [-0.2, 0) is 0 Å². The third-order valence-electron chi connectivity index (χ3n) is 3.37. The smallest absolute Gasteiger partial charge is 0.263 e. The highest BCUT2D eigenvalue weighted by Gasteiger charge is 2.18. The molecule has 0 aliphatic rings. The number of carbonyl (C=O) groups excluding carboxylic acids is 1. The van der Waals surface area contributed by atoms with Crippen molar-refractivity contribution in [3.8, 4) is 11.5 Å². The number of hydrogen-bond donors (Lipinski definition) is 1. The molecular formula is C17H15NO3S. The van der Waals surface area contributed by atoms with Crippen LogP contribution < -0.4 is 14.8 Å². The SMILES string of the molecule is COc1cccc(OC)c1C(=O)Nc1ccc2sccc2c1. The van der Waals surface area contributed by atoms with E-state index in [0.717, 1.165) is 11.1 Å². The fourth-order valence-corrected chi connectivity index (χ4v) is 3.08. The monoisotopic (exact) mass is 313 g/mol. The zero-order valence-corrected chi connectivity index (χ0v) is 13.1. The van der Waals surface area contributed by atoms with Gasteiger partial charge in [-0.05, 0) is 47.2 Å². The summed E-state index contributed by atoms with van der Waals surface area (Å²) in [6.07, 6.45) is 0. The molecular weight excluding hydrogens is 298 g/mol. The molecule has 22 heavy (non-hydrogen) atoms. The van der Waals surface area contributed by atoms with Gasteiger partial charge in [-0.25, -0.2) is 0 Å². The largest absolute Gasteiger partial charge is 0.496 e. The van der Waals surface area contributed by atoms with Crippen molar-refractivity contribution in [3.63, 3.8) is 0 Å². The van der Waals surface area contributed by atoms with Crippen molar-refractivity contribution >= 4 is 33.0 Å². The van der Waals surface area contributed by atoms with Gasteiger partial charge in [0.15, 0.2) is 0 Å². The average molecular weight is 313 g/mol. The molecule has 0 unspecified atom stereocenters. The third-order valence-corrected chi connectivity index (χ3v) is 4.26. The molecule has 0 bridgehead atoms. The Labute approximate surface area is 132 Å². The Hall–Kier alpha value is -2.53. The van der Waals surface area contributed by atoms with E-state index in [1.807, 2.05) is 29.6 Å². The molecule has 3 aromatic rings. The zero-order valence-electron chi connectivity index (χ0n) is 12.3. The first kappa shape index (κ1) is 14.4. The lowest BCUT2D eigenvalue weighted by molar-refractivity contribution is 0.102. The molecule has 2 aromatic carbocycles. The van der Waals surface area contributed by atoms with Crippen LogP contribution >= 0.6 is 11.3 Å². The number of amides is 1. The predicted octanol–water partition coefficient (Wildman–Crippen LogP) is 4.17. The molecule has 0 saturated heterocycles. The number of rotatable bonds is 4. The molecule has 3 rings (SSSR count). The summed E-state index contributed by atoms with van der Waals surface area (Å²) >= 11 is 1.67. The lowest BCUT2D eigenvalue weighted by Crippen LogP contribution is -2.14. The van der Waals surface area contributed by atoms with E-state index in [2.05, 4.69) is 5.32 Å². The Bertz CT molecular complexity index is 803. The second kappa shape index (κ2) is 6.07. The molecule has 0 aliphatic carbocycles. The van der Waals surface area contributed by atoms with Crippen molar-refractivity contribution in [2.24, 2.45) is 0 Å². The molecule has 0 radical (unpaired) electrons. The van der Waals surface area contributed by atoms with E-state index in [9.17, 15) is 4.79 Å². The number of carbonyl (C=O) groups is 1. The van der Waals surface area contributed by atoms with E-state index in [4.69, 9.17) is 9.47 Å². The quantitative estimate of drug-likeness (QED) is 0.786. The van der Waals surface area contributed by atoms with E-state index in [1.54, 1.807) is 29.5 Å². The second-order valence-electron chi connectivity index (χ2n) is 4.66. The van der Waals surface area contributed by atoms with E-state index in [1.165, 1.54) is 18.9 Å². The first-order valence-electron chi connectivity index (χ1n) is 6.72. The lowest BCUT2D eigenvalue weighted by atomic mass is 10.1. The number of ether oxygens (including phenoxy) is 2. The summed E-state index contributed by atoms with van der Waals surface area (Å²) in [6, 6.07) is 13.1. The van der Waals surface area contributed by atoms with Gasteiger partial charge in [-0.1, -0.05) is 6.07 Å². The predicted molar refractivity (Wildman–Crippen MR) is 89.3 cm³/mol. The Balaban J connectivity index is 1.94. The number of anilines is 1. The molecule has 0 saturated carbocycles. The first-order chi connectivity index (χ1) is 10.7. The molecule has 112 valence electrons. The number of thiophene rings is 1. The summed E-state index contributed by atoms with van der Waals surface area (Å²) < 4.78 is 11.7. The van der Waals surface area contributed by atoms with Gasteiger partial charge in [-0.15, -0.1) is 11.3 Å². The normalized spacial score (nSPS) is 10.5. The number of fused-ring (bicyclic) bond motifs is 1. The molecule has 1 amide bonds. The summed E-state index contributed by atoms with van der Waals surface area (Å²) in [5.41, 5.74) is 1.13. The van der Waals surface area contributed by atoms with Crippen molar-refractivity contribution in [3.05, 3.63) is 53.4 Å². The fraction of sp³-hybridized carbons (Fsp3) is 0.118. The van der Waals surface area contributed by atoms with Crippen LogP contribution in [0.2, 0.25) is 0 Å². The first-order valence-corrected chi connectivity index (χ1v) is 7.60. The highest BCUT2D eigenvalue weighted by molar-refractivity contribution is 7.17. The summed E-state index contributed by atoms with van der Waals surface area (Å²) in [4.78, 5) is 12.6. The van der Waals surface area contributed by atoms with Crippen LogP contribution in [-0.4, -0.2) is 20.1 Å². The average Bonchev–Trinajstić information content (AvgIpc) is 3.01. The van der Waals surface area contributed by atoms with E-state index >= 15 is 0 Å². The zero-order chi connectivity index (χ0) is 15.5. The molecule has 0 aliphatic heterocycles. The molecule has 5 heteroatoms. The summed E-state index contributed by atoms with van der Waals surface area (Å²) in [5.74, 6) is 0.700. The van der Waals surface area contributed by atoms with Gasteiger partial charge in [-0.2, -0.15) is 0 Å². The van der Waals surface area contributed by atoms with Crippen LogP contribution in [0, 0.1) is 0 Å². The Morgan fingerprint density at radius 2 is 1.77 bits per heavy atom. The van der Waals surface area contributed by atoms with Gasteiger partial charge in [0.1, 0.15) is 17.1 Å². The van der Waals surface area contributed by atoms with Crippen LogP contribution in [0.5, 0.6) is 11.5 Å². The number of nitrogens with one attached hydrogen (secondary N) is 1. The van der Waals surface area contributed by atoms with Crippen LogP contribution in [0.4, 0.5) is 5.69 Å². The standard InChI is InChI=1S/C17H15NO3S/c1-20-13-4-3-5-14(21-2)16(13)17(19)18-12-6-7-15-11(10-12)8-9-22-15/h3-10H,1-2H3,(H,18,19). The highest BCUT2D eigenvalue weighted by Crippen LogP contribution is 2.30. The summed E-state index contributed by atoms with van der Waals surface area (Å²) in [5, 5.41) is 6.03. The summed E-state index contributed by atoms with van der Waals surface area (Å²) in [6.45, 7) is 0. The Morgan fingerprint density at radius 1 is 1.05 bits per heavy atom. The van der Waals surface area contributed by atoms with Gasteiger partial charge in [0.2, 0.25) is 0 Å². The molecule has 1 aromatic heterocycles. The lowest BCUT2D eigenvalue weighted by Gasteiger charge is -2.13.